The Hall–Kier alpha value is -6.82. The van der Waals surface area contributed by atoms with Crippen molar-refractivity contribution in [2.24, 2.45) is 0 Å². The molecule has 0 fully saturated rings. The van der Waals surface area contributed by atoms with E-state index in [1.807, 2.05) is 66.7 Å². The van der Waals surface area contributed by atoms with Crippen LogP contribution in [0, 0.1) is 22.7 Å². The Morgan fingerprint density at radius 3 is 1.88 bits per heavy atom. The van der Waals surface area contributed by atoms with E-state index >= 15 is 0 Å². The Bertz CT molecular complexity index is 2840. The van der Waals surface area contributed by atoms with Gasteiger partial charge < -0.3 is 13.7 Å². The predicted octanol–water partition coefficient (Wildman–Crippen LogP) is 11.3. The number of nitriles is 2. The van der Waals surface area contributed by atoms with Crippen LogP contribution in [0.25, 0.3) is 66.1 Å². The first-order valence-electron chi connectivity index (χ1n) is 16.3. The van der Waals surface area contributed by atoms with E-state index < -0.39 is 0 Å². The highest BCUT2D eigenvalue weighted by Crippen LogP contribution is 2.51. The Labute approximate surface area is 281 Å². The highest BCUT2D eigenvalue weighted by molar-refractivity contribution is 6.26. The molecule has 5 heteroatoms. The lowest BCUT2D eigenvalue weighted by Gasteiger charge is -2.31. The number of fused-ring (bicyclic) bond motifs is 10. The van der Waals surface area contributed by atoms with Gasteiger partial charge in [-0.1, -0.05) is 85.0 Å². The molecule has 10 rings (SSSR count). The third kappa shape index (κ3) is 3.91. The first-order valence-corrected chi connectivity index (χ1v) is 16.3. The van der Waals surface area contributed by atoms with Crippen LogP contribution in [-0.4, -0.2) is 6.04 Å². The first-order chi connectivity index (χ1) is 24.2. The minimum absolute atomic E-state index is 0.0615. The van der Waals surface area contributed by atoms with Crippen molar-refractivity contribution in [3.8, 4) is 34.4 Å². The summed E-state index contributed by atoms with van der Waals surface area (Å²) in [6.45, 7) is 0. The molecule has 0 radical (unpaired) electrons. The molecular formula is C44H25N3O2. The predicted molar refractivity (Wildman–Crippen MR) is 195 cm³/mol. The van der Waals surface area contributed by atoms with E-state index in [4.69, 9.17) is 8.83 Å². The van der Waals surface area contributed by atoms with E-state index in [2.05, 4.69) is 89.9 Å². The van der Waals surface area contributed by atoms with Crippen molar-refractivity contribution in [3.63, 3.8) is 0 Å². The molecule has 228 valence electrons. The van der Waals surface area contributed by atoms with Crippen LogP contribution < -0.4 is 4.90 Å². The Balaban J connectivity index is 1.21. The Morgan fingerprint density at radius 2 is 1.14 bits per heavy atom. The topological polar surface area (TPSA) is 77.1 Å². The van der Waals surface area contributed by atoms with Crippen LogP contribution in [0.3, 0.4) is 0 Å². The molecule has 0 bridgehead atoms. The van der Waals surface area contributed by atoms with Gasteiger partial charge in [0.05, 0.1) is 28.9 Å². The van der Waals surface area contributed by atoms with Crippen LogP contribution in [0.5, 0.6) is 0 Å². The van der Waals surface area contributed by atoms with Gasteiger partial charge in [-0.05, 0) is 76.9 Å². The van der Waals surface area contributed by atoms with Gasteiger partial charge in [0, 0.05) is 38.7 Å². The van der Waals surface area contributed by atoms with E-state index in [-0.39, 0.29) is 12.0 Å². The fourth-order valence-electron chi connectivity index (χ4n) is 7.98. The number of para-hydroxylation sites is 2. The van der Waals surface area contributed by atoms with Crippen LogP contribution in [0.2, 0.25) is 0 Å². The summed E-state index contributed by atoms with van der Waals surface area (Å²) in [6, 6.07) is 43.4. The van der Waals surface area contributed by atoms with Crippen molar-refractivity contribution >= 4 is 55.3 Å². The number of hydrogen-bond acceptors (Lipinski definition) is 5. The molecular weight excluding hydrogens is 603 g/mol. The number of rotatable bonds is 3. The lowest BCUT2D eigenvalue weighted by Crippen LogP contribution is -2.29. The van der Waals surface area contributed by atoms with Crippen molar-refractivity contribution in [2.45, 2.75) is 12.0 Å². The van der Waals surface area contributed by atoms with Gasteiger partial charge in [0.25, 0.3) is 0 Å². The molecule has 1 aliphatic heterocycles. The molecule has 0 amide bonds. The zero-order chi connectivity index (χ0) is 32.6. The van der Waals surface area contributed by atoms with Crippen molar-refractivity contribution in [3.05, 3.63) is 156 Å². The Kier molecular flexibility index (Phi) is 5.76. The molecule has 2 aromatic heterocycles. The summed E-state index contributed by atoms with van der Waals surface area (Å²) in [7, 11) is 0. The van der Waals surface area contributed by atoms with E-state index in [1.54, 1.807) is 0 Å². The lowest BCUT2D eigenvalue weighted by atomic mass is 9.91. The highest BCUT2D eigenvalue weighted by Gasteiger charge is 2.39. The molecule has 2 aliphatic rings. The van der Waals surface area contributed by atoms with Crippen LogP contribution in [0.1, 0.15) is 22.6 Å². The average Bonchev–Trinajstić information content (AvgIpc) is 3.83. The number of hydrogen-bond donors (Lipinski definition) is 0. The average molecular weight is 628 g/mol. The van der Waals surface area contributed by atoms with E-state index in [0.717, 1.165) is 77.5 Å². The van der Waals surface area contributed by atoms with E-state index in [9.17, 15) is 10.5 Å². The quantitative estimate of drug-likeness (QED) is 0.195. The zero-order valence-electron chi connectivity index (χ0n) is 26.1. The minimum Gasteiger partial charge on any atom is -0.456 e. The molecule has 2 atom stereocenters. The molecule has 0 spiro atoms. The number of benzene rings is 6. The molecule has 5 nitrogen and oxygen atoms in total. The molecule has 2 unspecified atom stereocenters. The summed E-state index contributed by atoms with van der Waals surface area (Å²) >= 11 is 0. The van der Waals surface area contributed by atoms with Gasteiger partial charge in [-0.25, -0.2) is 0 Å². The van der Waals surface area contributed by atoms with Crippen LogP contribution in [-0.2, 0) is 0 Å². The SMILES string of the molecule is N#Cc1ccccc1-c1ccc2oc3ccc4oc5ccc(-c6cccc(C#N)c6N6c7ccccc7C7C=CC=CC76)cc5c4c3c2c1. The maximum Gasteiger partial charge on any atom is 0.136 e. The second kappa shape index (κ2) is 10.3. The number of allylic oxidation sites excluding steroid dienone is 2. The second-order valence-electron chi connectivity index (χ2n) is 12.6. The smallest absolute Gasteiger partial charge is 0.136 e. The van der Waals surface area contributed by atoms with Gasteiger partial charge in [0.1, 0.15) is 28.4 Å². The molecule has 8 aromatic rings. The molecule has 0 saturated heterocycles. The largest absolute Gasteiger partial charge is 0.456 e. The van der Waals surface area contributed by atoms with Gasteiger partial charge in [-0.15, -0.1) is 0 Å². The first kappa shape index (κ1) is 27.3. The summed E-state index contributed by atoms with van der Waals surface area (Å²) < 4.78 is 12.8. The van der Waals surface area contributed by atoms with Crippen molar-refractivity contribution in [2.75, 3.05) is 4.90 Å². The number of furan rings is 2. The molecule has 0 saturated carbocycles. The molecule has 6 aromatic carbocycles. The van der Waals surface area contributed by atoms with Crippen LogP contribution in [0.4, 0.5) is 11.4 Å². The summed E-state index contributed by atoms with van der Waals surface area (Å²) in [6.07, 6.45) is 8.71. The van der Waals surface area contributed by atoms with Gasteiger partial charge in [0.15, 0.2) is 0 Å². The third-order valence-electron chi connectivity index (χ3n) is 10.1. The maximum absolute atomic E-state index is 10.5. The summed E-state index contributed by atoms with van der Waals surface area (Å²) in [5, 5.41) is 24.1. The summed E-state index contributed by atoms with van der Waals surface area (Å²) in [4.78, 5) is 2.34. The van der Waals surface area contributed by atoms with Crippen LogP contribution in [0.15, 0.2) is 148 Å². The molecule has 49 heavy (non-hydrogen) atoms. The third-order valence-corrected chi connectivity index (χ3v) is 10.1. The molecule has 1 aliphatic carbocycles. The molecule has 0 N–H and O–H groups in total. The standard InChI is InChI=1S/C44H25N3O2/c45-24-28-8-1-2-10-30(28)26-16-18-38-34(22-26)42-40(48-38)20-21-41-43(42)35-23-27(17-19-39(35)49-41)31-13-7-9-29(25-46)44(31)47-36-14-5-3-11-32(36)33-12-4-6-15-37(33)47/h1-23,32,36H. The van der Waals surface area contributed by atoms with Gasteiger partial charge in [0.2, 0.25) is 0 Å². The van der Waals surface area contributed by atoms with Crippen molar-refractivity contribution in [1.82, 2.24) is 0 Å². The van der Waals surface area contributed by atoms with Gasteiger partial charge in [-0.3, -0.25) is 0 Å². The molecule has 3 heterocycles. The lowest BCUT2D eigenvalue weighted by molar-refractivity contribution is 0.663. The van der Waals surface area contributed by atoms with Crippen molar-refractivity contribution in [1.29, 1.82) is 10.5 Å². The normalized spacial score (nSPS) is 16.3. The fraction of sp³-hybridized carbons (Fsp3) is 0.0455. The summed E-state index contributed by atoms with van der Waals surface area (Å²) in [5.74, 6) is 0.203. The van der Waals surface area contributed by atoms with Gasteiger partial charge >= 0.3 is 0 Å². The maximum atomic E-state index is 10.5. The van der Waals surface area contributed by atoms with E-state index in [1.165, 1.54) is 5.56 Å². The van der Waals surface area contributed by atoms with Gasteiger partial charge in [-0.2, -0.15) is 10.5 Å². The number of anilines is 2. The van der Waals surface area contributed by atoms with E-state index in [0.29, 0.717) is 11.1 Å². The summed E-state index contributed by atoms with van der Waals surface area (Å²) in [5.41, 5.74) is 11.4. The Morgan fingerprint density at radius 1 is 0.551 bits per heavy atom. The fourth-order valence-corrected chi connectivity index (χ4v) is 7.98. The monoisotopic (exact) mass is 627 g/mol. The minimum atomic E-state index is 0.0615. The zero-order valence-corrected chi connectivity index (χ0v) is 26.1. The highest BCUT2D eigenvalue weighted by atomic mass is 16.3. The number of nitrogens with zero attached hydrogens (tertiary/aromatic N) is 3. The second-order valence-corrected chi connectivity index (χ2v) is 12.6. The van der Waals surface area contributed by atoms with Crippen molar-refractivity contribution < 1.29 is 8.83 Å². The van der Waals surface area contributed by atoms with Crippen LogP contribution >= 0.6 is 0 Å².